The Morgan fingerprint density at radius 1 is 1.15 bits per heavy atom. The van der Waals surface area contributed by atoms with Crippen LogP contribution in [0.25, 0.3) is 6.08 Å². The van der Waals surface area contributed by atoms with E-state index in [1.54, 1.807) is 25.2 Å². The number of carbonyl (C=O) groups excluding carboxylic acids is 2. The molecule has 0 radical (unpaired) electrons. The van der Waals surface area contributed by atoms with E-state index in [0.29, 0.717) is 23.4 Å². The molecule has 2 aromatic carbocycles. The first-order chi connectivity index (χ1) is 12.2. The van der Waals surface area contributed by atoms with E-state index in [2.05, 4.69) is 5.32 Å². The second kappa shape index (κ2) is 6.67. The van der Waals surface area contributed by atoms with Crippen molar-refractivity contribution in [2.45, 2.75) is 12.7 Å². The van der Waals surface area contributed by atoms with Crippen LogP contribution < -0.4 is 5.32 Å². The Labute approximate surface area is 147 Å². The second-order valence-corrected chi connectivity index (χ2v) is 5.98. The van der Waals surface area contributed by atoms with Gasteiger partial charge in [-0.25, -0.2) is 4.79 Å². The van der Waals surface area contributed by atoms with Crippen molar-refractivity contribution in [2.24, 2.45) is 0 Å². The van der Waals surface area contributed by atoms with Gasteiger partial charge in [0, 0.05) is 24.8 Å². The minimum Gasteiger partial charge on any atom is -0.323 e. The van der Waals surface area contributed by atoms with Crippen LogP contribution >= 0.6 is 0 Å². The third-order valence-corrected chi connectivity index (χ3v) is 4.05. The van der Waals surface area contributed by atoms with Gasteiger partial charge in [0.15, 0.2) is 5.78 Å². The zero-order chi connectivity index (χ0) is 18.9. The summed E-state index contributed by atoms with van der Waals surface area (Å²) in [6.45, 7) is 0.394. The van der Waals surface area contributed by atoms with Crippen molar-refractivity contribution in [1.82, 2.24) is 4.90 Å². The standard InChI is InChI=1S/C19H15F3N2O2/c1-24-11-14-10-13(5-8-16(14)23-18(24)26)17(25)9-4-12-2-6-15(7-3-12)19(20,21)22/h2-10H,11H2,1H3,(H,23,26)/b9-4+. The number of halogens is 3. The van der Waals surface area contributed by atoms with E-state index in [9.17, 15) is 22.8 Å². The number of anilines is 1. The lowest BCUT2D eigenvalue weighted by Gasteiger charge is -2.26. The van der Waals surface area contributed by atoms with E-state index >= 15 is 0 Å². The molecule has 1 heterocycles. The molecule has 1 aliphatic heterocycles. The summed E-state index contributed by atoms with van der Waals surface area (Å²) in [6.07, 6.45) is -1.60. The highest BCUT2D eigenvalue weighted by Crippen LogP contribution is 2.29. The Hall–Kier alpha value is -3.09. The number of fused-ring (bicyclic) bond motifs is 1. The smallest absolute Gasteiger partial charge is 0.323 e. The fraction of sp³-hybridized carbons (Fsp3) is 0.158. The summed E-state index contributed by atoms with van der Waals surface area (Å²) < 4.78 is 37.6. The Balaban J connectivity index is 1.75. The van der Waals surface area contributed by atoms with Gasteiger partial charge < -0.3 is 10.2 Å². The van der Waals surface area contributed by atoms with Gasteiger partial charge in [-0.05, 0) is 47.5 Å². The van der Waals surface area contributed by atoms with Crippen molar-refractivity contribution in [3.8, 4) is 0 Å². The molecule has 1 N–H and O–H groups in total. The summed E-state index contributed by atoms with van der Waals surface area (Å²) in [7, 11) is 1.65. The SMILES string of the molecule is CN1Cc2cc(C(=O)/C=C/c3ccc(C(F)(F)F)cc3)ccc2NC1=O. The number of allylic oxidation sites excluding steroid dienone is 1. The van der Waals surface area contributed by atoms with Crippen LogP contribution in [0, 0.1) is 0 Å². The topological polar surface area (TPSA) is 49.4 Å². The molecule has 7 heteroatoms. The van der Waals surface area contributed by atoms with E-state index in [1.165, 1.54) is 29.2 Å². The summed E-state index contributed by atoms with van der Waals surface area (Å²) in [5.41, 5.74) is 1.69. The fourth-order valence-corrected chi connectivity index (χ4v) is 2.59. The maximum absolute atomic E-state index is 12.5. The molecule has 0 aromatic heterocycles. The molecule has 0 saturated heterocycles. The molecule has 0 bridgehead atoms. The van der Waals surface area contributed by atoms with E-state index in [4.69, 9.17) is 0 Å². The summed E-state index contributed by atoms with van der Waals surface area (Å²) in [6, 6.07) is 9.32. The molecule has 3 rings (SSSR count). The van der Waals surface area contributed by atoms with Gasteiger partial charge in [-0.3, -0.25) is 4.79 Å². The van der Waals surface area contributed by atoms with E-state index in [-0.39, 0.29) is 11.8 Å². The Bertz CT molecular complexity index is 887. The molecule has 2 amide bonds. The van der Waals surface area contributed by atoms with Crippen LogP contribution in [0.2, 0.25) is 0 Å². The van der Waals surface area contributed by atoms with Crippen molar-refractivity contribution in [3.63, 3.8) is 0 Å². The summed E-state index contributed by atoms with van der Waals surface area (Å²) in [5.74, 6) is -0.271. The first-order valence-electron chi connectivity index (χ1n) is 7.79. The minimum atomic E-state index is -4.39. The van der Waals surface area contributed by atoms with Crippen LogP contribution in [0.3, 0.4) is 0 Å². The van der Waals surface area contributed by atoms with Gasteiger partial charge >= 0.3 is 12.2 Å². The van der Waals surface area contributed by atoms with Gasteiger partial charge in [0.05, 0.1) is 5.56 Å². The number of nitrogens with zero attached hydrogens (tertiary/aromatic N) is 1. The predicted molar refractivity (Wildman–Crippen MR) is 91.7 cm³/mol. The number of carbonyl (C=O) groups is 2. The van der Waals surface area contributed by atoms with Crippen LogP contribution in [0.5, 0.6) is 0 Å². The highest BCUT2D eigenvalue weighted by atomic mass is 19.4. The van der Waals surface area contributed by atoms with Gasteiger partial charge in [-0.2, -0.15) is 13.2 Å². The molecule has 0 atom stereocenters. The monoisotopic (exact) mass is 360 g/mol. The first-order valence-corrected chi connectivity index (χ1v) is 7.79. The van der Waals surface area contributed by atoms with Crippen molar-refractivity contribution in [1.29, 1.82) is 0 Å². The lowest BCUT2D eigenvalue weighted by molar-refractivity contribution is -0.137. The number of nitrogens with one attached hydrogen (secondary N) is 1. The van der Waals surface area contributed by atoms with Gasteiger partial charge in [0.2, 0.25) is 0 Å². The lowest BCUT2D eigenvalue weighted by Crippen LogP contribution is -2.35. The highest BCUT2D eigenvalue weighted by molar-refractivity contribution is 6.07. The number of amides is 2. The number of alkyl halides is 3. The third kappa shape index (κ3) is 3.77. The Kier molecular flexibility index (Phi) is 4.54. The van der Waals surface area contributed by atoms with E-state index < -0.39 is 11.7 Å². The predicted octanol–water partition coefficient (Wildman–Crippen LogP) is 4.58. The molecule has 0 unspecified atom stereocenters. The molecule has 4 nitrogen and oxygen atoms in total. The van der Waals surface area contributed by atoms with Crippen molar-refractivity contribution < 1.29 is 22.8 Å². The molecule has 134 valence electrons. The van der Waals surface area contributed by atoms with Crippen molar-refractivity contribution in [2.75, 3.05) is 12.4 Å². The van der Waals surface area contributed by atoms with Crippen LogP contribution in [-0.4, -0.2) is 23.8 Å². The van der Waals surface area contributed by atoms with Gasteiger partial charge in [0.1, 0.15) is 0 Å². The van der Waals surface area contributed by atoms with Crippen LogP contribution in [-0.2, 0) is 12.7 Å². The molecule has 0 aliphatic carbocycles. The second-order valence-electron chi connectivity index (χ2n) is 5.98. The molecule has 26 heavy (non-hydrogen) atoms. The maximum atomic E-state index is 12.5. The van der Waals surface area contributed by atoms with Crippen molar-refractivity contribution in [3.05, 3.63) is 70.8 Å². The Morgan fingerprint density at radius 2 is 1.85 bits per heavy atom. The zero-order valence-corrected chi connectivity index (χ0v) is 13.8. The fourth-order valence-electron chi connectivity index (χ4n) is 2.59. The molecule has 0 spiro atoms. The average molecular weight is 360 g/mol. The summed E-state index contributed by atoms with van der Waals surface area (Å²) in [4.78, 5) is 25.4. The number of hydrogen-bond donors (Lipinski definition) is 1. The number of urea groups is 1. The van der Waals surface area contributed by atoms with Crippen molar-refractivity contribution >= 4 is 23.6 Å². The largest absolute Gasteiger partial charge is 0.416 e. The van der Waals surface area contributed by atoms with E-state index in [0.717, 1.165) is 17.7 Å². The number of ketones is 1. The summed E-state index contributed by atoms with van der Waals surface area (Å²) in [5, 5.41) is 2.72. The number of benzene rings is 2. The quantitative estimate of drug-likeness (QED) is 0.643. The molecule has 0 fully saturated rings. The minimum absolute atomic E-state index is 0.209. The lowest BCUT2D eigenvalue weighted by atomic mass is 10.0. The average Bonchev–Trinajstić information content (AvgIpc) is 2.60. The normalized spacial score (nSPS) is 14.3. The summed E-state index contributed by atoms with van der Waals surface area (Å²) >= 11 is 0. The van der Waals surface area contributed by atoms with E-state index in [1.807, 2.05) is 0 Å². The first kappa shape index (κ1) is 17.7. The Morgan fingerprint density at radius 3 is 2.50 bits per heavy atom. The number of rotatable bonds is 3. The third-order valence-electron chi connectivity index (χ3n) is 4.05. The maximum Gasteiger partial charge on any atom is 0.416 e. The molecule has 1 aliphatic rings. The molecular weight excluding hydrogens is 345 g/mol. The highest BCUT2D eigenvalue weighted by Gasteiger charge is 2.29. The zero-order valence-electron chi connectivity index (χ0n) is 13.8. The molecule has 0 saturated carbocycles. The van der Waals surface area contributed by atoms with Crippen LogP contribution in [0.15, 0.2) is 48.5 Å². The molecular formula is C19H15F3N2O2. The van der Waals surface area contributed by atoms with Crippen LogP contribution in [0.1, 0.15) is 27.0 Å². The van der Waals surface area contributed by atoms with Gasteiger partial charge in [-0.15, -0.1) is 0 Å². The van der Waals surface area contributed by atoms with Gasteiger partial charge in [0.25, 0.3) is 0 Å². The van der Waals surface area contributed by atoms with Gasteiger partial charge in [-0.1, -0.05) is 18.2 Å². The van der Waals surface area contributed by atoms with Crippen LogP contribution in [0.4, 0.5) is 23.7 Å². The number of hydrogen-bond acceptors (Lipinski definition) is 2. The molecule has 2 aromatic rings.